The van der Waals surface area contributed by atoms with Crippen LogP contribution in [0, 0.1) is 0 Å². The minimum absolute atomic E-state index is 0.173. The Bertz CT molecular complexity index is 604. The smallest absolute Gasteiger partial charge is 0.132 e. The van der Waals surface area contributed by atoms with Crippen molar-refractivity contribution in [1.82, 2.24) is 5.32 Å². The van der Waals surface area contributed by atoms with Gasteiger partial charge in [0.1, 0.15) is 11.5 Å². The summed E-state index contributed by atoms with van der Waals surface area (Å²) in [4.78, 5) is 0. The molecular weight excluding hydrogens is 274 g/mol. The van der Waals surface area contributed by atoms with Gasteiger partial charge in [0.25, 0.3) is 0 Å². The van der Waals surface area contributed by atoms with E-state index in [1.165, 1.54) is 24.0 Å². The molecule has 0 aromatic heterocycles. The third-order valence-electron chi connectivity index (χ3n) is 4.50. The molecule has 22 heavy (non-hydrogen) atoms. The van der Waals surface area contributed by atoms with Crippen molar-refractivity contribution in [1.29, 1.82) is 0 Å². The van der Waals surface area contributed by atoms with Gasteiger partial charge in [0, 0.05) is 24.3 Å². The molecule has 2 aromatic rings. The molecule has 0 spiro atoms. The van der Waals surface area contributed by atoms with Gasteiger partial charge in [0.2, 0.25) is 0 Å². The zero-order chi connectivity index (χ0) is 14.8. The molecule has 2 aliphatic heterocycles. The summed E-state index contributed by atoms with van der Waals surface area (Å²) >= 11 is 0. The average molecular weight is 295 g/mol. The van der Waals surface area contributed by atoms with Crippen LogP contribution in [0.3, 0.4) is 0 Å². The fourth-order valence-electron chi connectivity index (χ4n) is 3.35. The monoisotopic (exact) mass is 295 g/mol. The van der Waals surface area contributed by atoms with Crippen molar-refractivity contribution in [2.24, 2.45) is 0 Å². The van der Waals surface area contributed by atoms with E-state index in [-0.39, 0.29) is 6.04 Å². The molecule has 1 fully saturated rings. The Morgan fingerprint density at radius 1 is 0.909 bits per heavy atom. The number of ether oxygens (including phenoxy) is 2. The SMILES string of the molecule is c1ccc2c(c1)Oc1ccccc1C2NC[C@@H]1CCCCO1. The van der Waals surface area contributed by atoms with Gasteiger partial charge in [-0.05, 0) is 31.4 Å². The van der Waals surface area contributed by atoms with E-state index in [0.717, 1.165) is 31.1 Å². The summed E-state index contributed by atoms with van der Waals surface area (Å²) in [6.07, 6.45) is 3.95. The van der Waals surface area contributed by atoms with Gasteiger partial charge in [-0.2, -0.15) is 0 Å². The fourth-order valence-corrected chi connectivity index (χ4v) is 3.35. The molecule has 2 aliphatic rings. The second kappa shape index (κ2) is 6.11. The van der Waals surface area contributed by atoms with Crippen LogP contribution in [-0.4, -0.2) is 19.3 Å². The van der Waals surface area contributed by atoms with Gasteiger partial charge >= 0.3 is 0 Å². The number of fused-ring (bicyclic) bond motifs is 2. The molecule has 0 saturated carbocycles. The van der Waals surface area contributed by atoms with Crippen LogP contribution in [0.1, 0.15) is 36.4 Å². The Hall–Kier alpha value is -1.84. The summed E-state index contributed by atoms with van der Waals surface area (Å²) in [5.74, 6) is 1.89. The highest BCUT2D eigenvalue weighted by atomic mass is 16.5. The van der Waals surface area contributed by atoms with Crippen molar-refractivity contribution < 1.29 is 9.47 Å². The maximum Gasteiger partial charge on any atom is 0.132 e. The first-order chi connectivity index (χ1) is 10.9. The van der Waals surface area contributed by atoms with Gasteiger partial charge in [-0.15, -0.1) is 0 Å². The first kappa shape index (κ1) is 13.8. The molecule has 1 N–H and O–H groups in total. The van der Waals surface area contributed by atoms with Crippen molar-refractivity contribution in [2.75, 3.05) is 13.2 Å². The van der Waals surface area contributed by atoms with E-state index < -0.39 is 0 Å². The van der Waals surface area contributed by atoms with Gasteiger partial charge in [0.15, 0.2) is 0 Å². The van der Waals surface area contributed by atoms with Gasteiger partial charge < -0.3 is 14.8 Å². The third-order valence-corrected chi connectivity index (χ3v) is 4.50. The Morgan fingerprint density at radius 3 is 2.23 bits per heavy atom. The third kappa shape index (κ3) is 2.62. The maximum absolute atomic E-state index is 6.03. The summed E-state index contributed by atoms with van der Waals surface area (Å²) < 4.78 is 11.9. The molecule has 3 heteroatoms. The molecule has 0 unspecified atom stereocenters. The number of nitrogens with one attached hydrogen (secondary N) is 1. The van der Waals surface area contributed by atoms with Crippen molar-refractivity contribution in [3.63, 3.8) is 0 Å². The molecule has 0 aliphatic carbocycles. The largest absolute Gasteiger partial charge is 0.457 e. The maximum atomic E-state index is 6.03. The van der Waals surface area contributed by atoms with E-state index in [4.69, 9.17) is 9.47 Å². The highest BCUT2D eigenvalue weighted by Crippen LogP contribution is 2.42. The molecule has 1 saturated heterocycles. The molecule has 1 atom stereocenters. The number of hydrogen-bond donors (Lipinski definition) is 1. The molecular formula is C19H21NO2. The summed E-state index contributed by atoms with van der Waals surface area (Å²) in [7, 11) is 0. The van der Waals surface area contributed by atoms with Gasteiger partial charge in [-0.3, -0.25) is 0 Å². The van der Waals surface area contributed by atoms with Gasteiger partial charge in [-0.25, -0.2) is 0 Å². The molecule has 2 aromatic carbocycles. The summed E-state index contributed by atoms with van der Waals surface area (Å²) in [5, 5.41) is 3.70. The van der Waals surface area contributed by atoms with Crippen LogP contribution in [0.4, 0.5) is 0 Å². The molecule has 3 nitrogen and oxygen atoms in total. The van der Waals surface area contributed by atoms with Crippen molar-refractivity contribution in [2.45, 2.75) is 31.4 Å². The lowest BCUT2D eigenvalue weighted by Crippen LogP contribution is -2.35. The molecule has 2 heterocycles. The van der Waals surface area contributed by atoms with Crippen LogP contribution in [0.15, 0.2) is 48.5 Å². The Kier molecular flexibility index (Phi) is 3.83. The fraction of sp³-hybridized carbons (Fsp3) is 0.368. The zero-order valence-corrected chi connectivity index (χ0v) is 12.6. The van der Waals surface area contributed by atoms with E-state index in [9.17, 15) is 0 Å². The number of benzene rings is 2. The average Bonchev–Trinajstić information content (AvgIpc) is 2.59. The predicted molar refractivity (Wildman–Crippen MR) is 86.4 cm³/mol. The summed E-state index contributed by atoms with van der Waals surface area (Å²) in [6.45, 7) is 1.78. The van der Waals surface area contributed by atoms with E-state index in [0.29, 0.717) is 6.10 Å². The first-order valence-corrected chi connectivity index (χ1v) is 8.12. The van der Waals surface area contributed by atoms with E-state index in [1.54, 1.807) is 0 Å². The molecule has 114 valence electrons. The van der Waals surface area contributed by atoms with Crippen LogP contribution in [0.5, 0.6) is 11.5 Å². The highest BCUT2D eigenvalue weighted by Gasteiger charge is 2.27. The van der Waals surface area contributed by atoms with Crippen LogP contribution >= 0.6 is 0 Å². The Balaban J connectivity index is 1.60. The minimum Gasteiger partial charge on any atom is -0.457 e. The molecule has 0 amide bonds. The van der Waals surface area contributed by atoms with Crippen molar-refractivity contribution in [3.05, 3.63) is 59.7 Å². The van der Waals surface area contributed by atoms with Gasteiger partial charge in [0.05, 0.1) is 12.1 Å². The lowest BCUT2D eigenvalue weighted by molar-refractivity contribution is 0.0158. The van der Waals surface area contributed by atoms with Crippen LogP contribution in [0.25, 0.3) is 0 Å². The standard InChI is InChI=1S/C19H21NO2/c1-3-10-17-15(8-1)19(16-9-2-4-11-18(16)22-17)20-13-14-7-5-6-12-21-14/h1-4,8-11,14,19-20H,5-7,12-13H2/t14-/m0/s1. The number of para-hydroxylation sites is 2. The number of rotatable bonds is 3. The highest BCUT2D eigenvalue weighted by molar-refractivity contribution is 5.52. The second-order valence-electron chi connectivity index (χ2n) is 6.01. The molecule has 4 rings (SSSR count). The Labute approximate surface area is 131 Å². The van der Waals surface area contributed by atoms with Crippen LogP contribution in [0.2, 0.25) is 0 Å². The lowest BCUT2D eigenvalue weighted by atomic mass is 9.94. The lowest BCUT2D eigenvalue weighted by Gasteiger charge is -2.31. The zero-order valence-electron chi connectivity index (χ0n) is 12.6. The molecule has 0 bridgehead atoms. The van der Waals surface area contributed by atoms with E-state index in [1.807, 2.05) is 24.3 Å². The molecule has 0 radical (unpaired) electrons. The van der Waals surface area contributed by atoms with Crippen LogP contribution in [-0.2, 0) is 4.74 Å². The summed E-state index contributed by atoms with van der Waals surface area (Å²) in [6, 6.07) is 16.7. The predicted octanol–water partition coefficient (Wildman–Crippen LogP) is 4.04. The summed E-state index contributed by atoms with van der Waals surface area (Å²) in [5.41, 5.74) is 2.41. The number of hydrogen-bond acceptors (Lipinski definition) is 3. The second-order valence-corrected chi connectivity index (χ2v) is 6.01. The van der Waals surface area contributed by atoms with Crippen molar-refractivity contribution in [3.8, 4) is 11.5 Å². The topological polar surface area (TPSA) is 30.5 Å². The van der Waals surface area contributed by atoms with Crippen LogP contribution < -0.4 is 10.1 Å². The van der Waals surface area contributed by atoms with Gasteiger partial charge in [-0.1, -0.05) is 36.4 Å². The van der Waals surface area contributed by atoms with Crippen molar-refractivity contribution >= 4 is 0 Å². The minimum atomic E-state index is 0.173. The van der Waals surface area contributed by atoms with E-state index >= 15 is 0 Å². The quantitative estimate of drug-likeness (QED) is 0.927. The normalized spacial score (nSPS) is 20.8. The Morgan fingerprint density at radius 2 is 1.59 bits per heavy atom. The van der Waals surface area contributed by atoms with E-state index in [2.05, 4.69) is 29.6 Å². The first-order valence-electron chi connectivity index (χ1n) is 8.12.